The summed E-state index contributed by atoms with van der Waals surface area (Å²) in [6, 6.07) is 12.0. The topological polar surface area (TPSA) is 60.5 Å². The third kappa shape index (κ3) is 4.13. The van der Waals surface area contributed by atoms with E-state index in [9.17, 15) is 4.79 Å². The summed E-state index contributed by atoms with van der Waals surface area (Å²) in [4.78, 5) is 16.3. The second-order valence-corrected chi connectivity index (χ2v) is 7.36. The smallest absolute Gasteiger partial charge is 0.224 e. The summed E-state index contributed by atoms with van der Waals surface area (Å²) in [5.41, 5.74) is 5.26. The molecular formula is C21H21ClN2O3S. The Morgan fingerprint density at radius 2 is 1.89 bits per heavy atom. The second kappa shape index (κ2) is 8.63. The number of amides is 1. The van der Waals surface area contributed by atoms with Crippen LogP contribution in [0.3, 0.4) is 0 Å². The number of carbonyl (C=O) groups excluding carboxylic acids is 1. The fraction of sp³-hybridized carbons (Fsp3) is 0.238. The molecule has 1 amide bonds. The number of aromatic nitrogens is 1. The number of nitrogens with zero attached hydrogens (tertiary/aromatic N) is 1. The minimum atomic E-state index is 0. The number of nitrogens with one attached hydrogen (secondary N) is 1. The predicted octanol–water partition coefficient (Wildman–Crippen LogP) is 4.72. The summed E-state index contributed by atoms with van der Waals surface area (Å²) in [7, 11) is 3.27. The monoisotopic (exact) mass is 416 g/mol. The zero-order chi connectivity index (χ0) is 18.8. The number of ether oxygens (including phenoxy) is 2. The number of rotatable bonds is 5. The third-order valence-electron chi connectivity index (χ3n) is 4.65. The number of aryl methyl sites for hydroxylation is 1. The molecule has 2 heterocycles. The van der Waals surface area contributed by atoms with Crippen LogP contribution < -0.4 is 14.8 Å². The maximum Gasteiger partial charge on any atom is 0.224 e. The largest absolute Gasteiger partial charge is 0.493 e. The summed E-state index contributed by atoms with van der Waals surface area (Å²) in [5, 5.41) is 6.04. The van der Waals surface area contributed by atoms with Crippen LogP contribution in [0.2, 0.25) is 0 Å². The predicted molar refractivity (Wildman–Crippen MR) is 114 cm³/mol. The zero-order valence-electron chi connectivity index (χ0n) is 15.7. The van der Waals surface area contributed by atoms with Gasteiger partial charge in [0, 0.05) is 29.5 Å². The molecule has 4 rings (SSSR count). The normalized spacial score (nSPS) is 12.6. The van der Waals surface area contributed by atoms with Crippen molar-refractivity contribution in [1.29, 1.82) is 0 Å². The number of fused-ring (bicyclic) bond motifs is 1. The van der Waals surface area contributed by atoms with Crippen molar-refractivity contribution in [3.05, 3.63) is 57.9 Å². The summed E-state index contributed by atoms with van der Waals surface area (Å²) < 4.78 is 10.7. The van der Waals surface area contributed by atoms with Gasteiger partial charge in [-0.15, -0.1) is 23.7 Å². The minimum Gasteiger partial charge on any atom is -0.493 e. The summed E-state index contributed by atoms with van der Waals surface area (Å²) in [5.74, 6) is 1.53. The first-order chi connectivity index (χ1) is 13.2. The van der Waals surface area contributed by atoms with Crippen molar-refractivity contribution in [3.63, 3.8) is 0 Å². The van der Waals surface area contributed by atoms with E-state index in [4.69, 9.17) is 14.5 Å². The number of carbonyl (C=O) groups is 1. The first kappa shape index (κ1) is 20.2. The van der Waals surface area contributed by atoms with Crippen LogP contribution >= 0.6 is 23.7 Å². The average Bonchev–Trinajstić information content (AvgIpc) is 3.16. The molecule has 0 saturated carbocycles. The van der Waals surface area contributed by atoms with E-state index in [1.807, 2.05) is 30.3 Å². The summed E-state index contributed by atoms with van der Waals surface area (Å²) in [6.45, 7) is 0. The van der Waals surface area contributed by atoms with Gasteiger partial charge in [-0.1, -0.05) is 12.1 Å². The van der Waals surface area contributed by atoms with Gasteiger partial charge in [-0.3, -0.25) is 4.79 Å². The Labute approximate surface area is 174 Å². The molecule has 1 aromatic heterocycles. The van der Waals surface area contributed by atoms with Crippen LogP contribution in [0.25, 0.3) is 11.3 Å². The standard InChI is InChI=1S/C21H20N2O3S.ClH/c1-25-18-7-3-13(9-19(18)26-2)10-21-23-17(12-27-21)15-4-6-16-14(11-15)5-8-20(24)22-16;/h3-4,6-7,9,11-12H,5,8,10H2,1-2H3,(H,22,24);1H. The highest BCUT2D eigenvalue weighted by Crippen LogP contribution is 2.31. The lowest BCUT2D eigenvalue weighted by Gasteiger charge is -2.17. The molecule has 0 bridgehead atoms. The van der Waals surface area contributed by atoms with E-state index < -0.39 is 0 Å². The van der Waals surface area contributed by atoms with Crippen LogP contribution in [-0.2, 0) is 17.6 Å². The molecule has 146 valence electrons. The summed E-state index contributed by atoms with van der Waals surface area (Å²) >= 11 is 1.65. The molecule has 2 aromatic carbocycles. The van der Waals surface area contributed by atoms with Crippen molar-refractivity contribution in [2.24, 2.45) is 0 Å². The van der Waals surface area contributed by atoms with Crippen LogP contribution in [0.1, 0.15) is 22.6 Å². The third-order valence-corrected chi connectivity index (χ3v) is 5.50. The molecule has 5 nitrogen and oxygen atoms in total. The van der Waals surface area contributed by atoms with Gasteiger partial charge in [0.2, 0.25) is 5.91 Å². The molecule has 1 aliphatic heterocycles. The van der Waals surface area contributed by atoms with Crippen molar-refractivity contribution < 1.29 is 14.3 Å². The van der Waals surface area contributed by atoms with Crippen molar-refractivity contribution in [1.82, 2.24) is 4.98 Å². The minimum absolute atomic E-state index is 0. The van der Waals surface area contributed by atoms with Gasteiger partial charge in [0.1, 0.15) is 0 Å². The van der Waals surface area contributed by atoms with Crippen LogP contribution in [0.5, 0.6) is 11.5 Å². The SMILES string of the molecule is COc1ccc(Cc2nc(-c3ccc4c(c3)CCC(=O)N4)cs2)cc1OC.Cl. The van der Waals surface area contributed by atoms with Crippen molar-refractivity contribution in [2.45, 2.75) is 19.3 Å². The van der Waals surface area contributed by atoms with E-state index >= 15 is 0 Å². The van der Waals surface area contributed by atoms with E-state index in [1.54, 1.807) is 25.6 Å². The first-order valence-electron chi connectivity index (χ1n) is 8.74. The van der Waals surface area contributed by atoms with Gasteiger partial charge in [-0.05, 0) is 41.8 Å². The number of hydrogen-bond donors (Lipinski definition) is 1. The Morgan fingerprint density at radius 1 is 1.07 bits per heavy atom. The molecular weight excluding hydrogens is 396 g/mol. The highest BCUT2D eigenvalue weighted by atomic mass is 35.5. The number of methoxy groups -OCH3 is 2. The molecule has 0 saturated heterocycles. The number of benzene rings is 2. The van der Waals surface area contributed by atoms with Gasteiger partial charge in [-0.2, -0.15) is 0 Å². The quantitative estimate of drug-likeness (QED) is 0.653. The van der Waals surface area contributed by atoms with Gasteiger partial charge in [0.25, 0.3) is 0 Å². The Hall–Kier alpha value is -2.57. The van der Waals surface area contributed by atoms with Gasteiger partial charge in [0.05, 0.1) is 24.9 Å². The molecule has 1 N–H and O–H groups in total. The van der Waals surface area contributed by atoms with E-state index in [0.29, 0.717) is 6.42 Å². The van der Waals surface area contributed by atoms with E-state index in [-0.39, 0.29) is 18.3 Å². The van der Waals surface area contributed by atoms with Gasteiger partial charge < -0.3 is 14.8 Å². The highest BCUT2D eigenvalue weighted by Gasteiger charge is 2.16. The maximum absolute atomic E-state index is 11.5. The first-order valence-corrected chi connectivity index (χ1v) is 9.62. The number of thiazole rings is 1. The molecule has 0 spiro atoms. The number of hydrogen-bond acceptors (Lipinski definition) is 5. The maximum atomic E-state index is 11.5. The fourth-order valence-electron chi connectivity index (χ4n) is 3.23. The lowest BCUT2D eigenvalue weighted by Crippen LogP contribution is -2.18. The number of halogens is 1. The summed E-state index contributed by atoms with van der Waals surface area (Å²) in [6.07, 6.45) is 2.06. The van der Waals surface area contributed by atoms with Crippen LogP contribution in [0, 0.1) is 0 Å². The van der Waals surface area contributed by atoms with Crippen molar-refractivity contribution >= 4 is 35.3 Å². The fourth-order valence-corrected chi connectivity index (χ4v) is 4.07. The molecule has 1 aliphatic rings. The molecule has 7 heteroatoms. The molecule has 0 radical (unpaired) electrons. The lowest BCUT2D eigenvalue weighted by molar-refractivity contribution is -0.116. The second-order valence-electron chi connectivity index (χ2n) is 6.41. The average molecular weight is 417 g/mol. The van der Waals surface area contributed by atoms with Gasteiger partial charge in [0.15, 0.2) is 11.5 Å². The molecule has 28 heavy (non-hydrogen) atoms. The lowest BCUT2D eigenvalue weighted by atomic mass is 9.99. The Bertz CT molecular complexity index is 1000. The van der Waals surface area contributed by atoms with Crippen molar-refractivity contribution in [3.8, 4) is 22.8 Å². The van der Waals surface area contributed by atoms with Crippen molar-refractivity contribution in [2.75, 3.05) is 19.5 Å². The van der Waals surface area contributed by atoms with E-state index in [2.05, 4.69) is 16.8 Å². The Balaban J connectivity index is 0.00000225. The zero-order valence-corrected chi connectivity index (χ0v) is 17.3. The molecule has 0 atom stereocenters. The van der Waals surface area contributed by atoms with E-state index in [0.717, 1.165) is 51.9 Å². The van der Waals surface area contributed by atoms with Gasteiger partial charge in [-0.25, -0.2) is 4.98 Å². The Kier molecular flexibility index (Phi) is 6.21. The van der Waals surface area contributed by atoms with Crippen LogP contribution in [-0.4, -0.2) is 25.1 Å². The highest BCUT2D eigenvalue weighted by molar-refractivity contribution is 7.10. The van der Waals surface area contributed by atoms with Gasteiger partial charge >= 0.3 is 0 Å². The molecule has 0 fully saturated rings. The van der Waals surface area contributed by atoms with Crippen LogP contribution in [0.15, 0.2) is 41.8 Å². The van der Waals surface area contributed by atoms with Crippen LogP contribution in [0.4, 0.5) is 5.69 Å². The van der Waals surface area contributed by atoms with E-state index in [1.165, 1.54) is 5.56 Å². The molecule has 3 aromatic rings. The molecule has 0 unspecified atom stereocenters. The Morgan fingerprint density at radius 3 is 2.68 bits per heavy atom. The number of anilines is 1. The molecule has 0 aliphatic carbocycles.